The lowest BCUT2D eigenvalue weighted by molar-refractivity contribution is -0.116. The molecule has 2 aromatic heterocycles. The van der Waals surface area contributed by atoms with Crippen LogP contribution >= 0.6 is 11.3 Å². The number of hydrogen-bond donors (Lipinski definition) is 1. The lowest BCUT2D eigenvalue weighted by Crippen LogP contribution is -2.22. The first-order valence-corrected chi connectivity index (χ1v) is 8.70. The average Bonchev–Trinajstić information content (AvgIpc) is 3.04. The Kier molecular flexibility index (Phi) is 4.91. The number of aryl methyl sites for hydroxylation is 2. The lowest BCUT2D eigenvalue weighted by atomic mass is 10.1. The van der Waals surface area contributed by atoms with Crippen molar-refractivity contribution < 1.29 is 4.79 Å². The van der Waals surface area contributed by atoms with Crippen LogP contribution in [0.3, 0.4) is 0 Å². The number of fused-ring (bicyclic) bond motifs is 1. The van der Waals surface area contributed by atoms with Crippen LogP contribution in [0.25, 0.3) is 10.9 Å². The zero-order valence-corrected chi connectivity index (χ0v) is 14.5. The predicted molar refractivity (Wildman–Crippen MR) is 97.6 cm³/mol. The third-order valence-electron chi connectivity index (χ3n) is 3.90. The van der Waals surface area contributed by atoms with Crippen molar-refractivity contribution in [3.05, 3.63) is 57.5 Å². The molecule has 0 spiro atoms. The van der Waals surface area contributed by atoms with E-state index in [-0.39, 0.29) is 17.9 Å². The maximum Gasteiger partial charge on any atom is 0.261 e. The number of aromatic nitrogens is 2. The minimum atomic E-state index is -0.170. The molecule has 0 unspecified atom stereocenters. The third kappa shape index (κ3) is 3.59. The third-order valence-corrected chi connectivity index (χ3v) is 4.73. The van der Waals surface area contributed by atoms with Gasteiger partial charge in [0.05, 0.1) is 22.8 Å². The molecule has 0 atom stereocenters. The molecule has 3 rings (SSSR count). The highest BCUT2D eigenvalue weighted by Gasteiger charge is 2.09. The number of carbonyl (C=O) groups excluding carboxylic acids is 1. The minimum absolute atomic E-state index is 0.0980. The highest BCUT2D eigenvalue weighted by atomic mass is 32.1. The monoisotopic (exact) mass is 352 g/mol. The Labute approximate surface area is 148 Å². The van der Waals surface area contributed by atoms with Crippen molar-refractivity contribution in [3.63, 3.8) is 0 Å². The number of nitriles is 1. The minimum Gasteiger partial charge on any atom is -0.317 e. The molecule has 2 heterocycles. The molecule has 0 bridgehead atoms. The number of nitrogens with zero attached hydrogens (tertiary/aromatic N) is 3. The van der Waals surface area contributed by atoms with Gasteiger partial charge in [-0.15, -0.1) is 11.3 Å². The summed E-state index contributed by atoms with van der Waals surface area (Å²) in [5, 5.41) is 14.6. The van der Waals surface area contributed by atoms with Crippen molar-refractivity contribution in [1.82, 2.24) is 9.55 Å². The predicted octanol–water partition coefficient (Wildman–Crippen LogP) is 3.06. The quantitative estimate of drug-likeness (QED) is 0.764. The smallest absolute Gasteiger partial charge is 0.261 e. The van der Waals surface area contributed by atoms with Gasteiger partial charge in [0, 0.05) is 13.0 Å². The molecule has 25 heavy (non-hydrogen) atoms. The van der Waals surface area contributed by atoms with Crippen molar-refractivity contribution in [2.45, 2.75) is 26.3 Å². The van der Waals surface area contributed by atoms with Gasteiger partial charge in [-0.05, 0) is 36.4 Å². The van der Waals surface area contributed by atoms with E-state index in [1.165, 1.54) is 22.2 Å². The molecule has 0 aliphatic carbocycles. The summed E-state index contributed by atoms with van der Waals surface area (Å²) in [4.78, 5) is 28.8. The van der Waals surface area contributed by atoms with E-state index in [4.69, 9.17) is 5.26 Å². The number of thiophene rings is 1. The number of hydrogen-bond acceptors (Lipinski definition) is 5. The van der Waals surface area contributed by atoms with Gasteiger partial charge in [0.1, 0.15) is 11.1 Å². The molecule has 1 N–H and O–H groups in total. The highest BCUT2D eigenvalue weighted by molar-refractivity contribution is 7.14. The highest BCUT2D eigenvalue weighted by Crippen LogP contribution is 2.22. The molecular weight excluding hydrogens is 336 g/mol. The number of nitrogens with one attached hydrogen (secondary N) is 1. The summed E-state index contributed by atoms with van der Waals surface area (Å²) in [7, 11) is 0. The van der Waals surface area contributed by atoms with Crippen LogP contribution in [-0.4, -0.2) is 15.5 Å². The van der Waals surface area contributed by atoms with E-state index in [0.29, 0.717) is 34.4 Å². The van der Waals surface area contributed by atoms with Crippen LogP contribution < -0.4 is 10.9 Å². The van der Waals surface area contributed by atoms with Crippen LogP contribution in [0.2, 0.25) is 0 Å². The van der Waals surface area contributed by atoms with Crippen LogP contribution in [0.4, 0.5) is 5.00 Å². The Morgan fingerprint density at radius 2 is 2.24 bits per heavy atom. The van der Waals surface area contributed by atoms with Crippen molar-refractivity contribution in [3.8, 4) is 6.07 Å². The fourth-order valence-electron chi connectivity index (χ4n) is 2.59. The lowest BCUT2D eigenvalue weighted by Gasteiger charge is -2.08. The van der Waals surface area contributed by atoms with E-state index >= 15 is 0 Å². The maximum absolute atomic E-state index is 12.5. The Morgan fingerprint density at radius 1 is 1.40 bits per heavy atom. The van der Waals surface area contributed by atoms with Crippen LogP contribution in [0, 0.1) is 18.3 Å². The summed E-state index contributed by atoms with van der Waals surface area (Å²) < 4.78 is 1.53. The second-order valence-corrected chi connectivity index (χ2v) is 6.56. The molecule has 6 nitrogen and oxygen atoms in total. The van der Waals surface area contributed by atoms with Crippen LogP contribution in [0.15, 0.2) is 40.8 Å². The molecule has 0 saturated carbocycles. The van der Waals surface area contributed by atoms with Gasteiger partial charge in [-0.3, -0.25) is 14.2 Å². The first-order valence-electron chi connectivity index (χ1n) is 7.82. The van der Waals surface area contributed by atoms with Gasteiger partial charge in [0.2, 0.25) is 5.91 Å². The van der Waals surface area contributed by atoms with E-state index in [1.807, 2.05) is 25.1 Å². The van der Waals surface area contributed by atoms with E-state index in [1.54, 1.807) is 17.5 Å². The molecule has 0 saturated heterocycles. The first kappa shape index (κ1) is 16.9. The zero-order valence-electron chi connectivity index (χ0n) is 13.7. The Balaban J connectivity index is 1.64. The molecule has 7 heteroatoms. The fourth-order valence-corrected chi connectivity index (χ4v) is 3.34. The second kappa shape index (κ2) is 7.28. The number of carbonyl (C=O) groups is 1. The van der Waals surface area contributed by atoms with E-state index in [2.05, 4.69) is 10.3 Å². The zero-order chi connectivity index (χ0) is 17.8. The van der Waals surface area contributed by atoms with Gasteiger partial charge in [-0.25, -0.2) is 4.98 Å². The van der Waals surface area contributed by atoms with Gasteiger partial charge in [-0.2, -0.15) is 5.26 Å². The van der Waals surface area contributed by atoms with Crippen molar-refractivity contribution >= 4 is 33.1 Å². The van der Waals surface area contributed by atoms with E-state index < -0.39 is 0 Å². The Hall–Kier alpha value is -2.98. The van der Waals surface area contributed by atoms with Crippen molar-refractivity contribution in [2.75, 3.05) is 5.32 Å². The molecule has 0 radical (unpaired) electrons. The van der Waals surface area contributed by atoms with Gasteiger partial charge in [-0.1, -0.05) is 12.1 Å². The normalized spacial score (nSPS) is 10.6. The Bertz CT molecular complexity index is 1030. The molecule has 0 fully saturated rings. The number of benzene rings is 1. The van der Waals surface area contributed by atoms with E-state index in [0.717, 1.165) is 5.56 Å². The second-order valence-electron chi connectivity index (χ2n) is 5.64. The van der Waals surface area contributed by atoms with Gasteiger partial charge in [0.15, 0.2) is 0 Å². The largest absolute Gasteiger partial charge is 0.317 e. The fraction of sp³-hybridized carbons (Fsp3) is 0.222. The van der Waals surface area contributed by atoms with Crippen LogP contribution in [0.1, 0.15) is 24.0 Å². The van der Waals surface area contributed by atoms with E-state index in [9.17, 15) is 9.59 Å². The van der Waals surface area contributed by atoms with Gasteiger partial charge < -0.3 is 5.32 Å². The van der Waals surface area contributed by atoms with Crippen molar-refractivity contribution in [1.29, 1.82) is 5.26 Å². The topological polar surface area (TPSA) is 87.8 Å². The average molecular weight is 352 g/mol. The summed E-state index contributed by atoms with van der Waals surface area (Å²) in [6, 6.07) is 9.23. The first-order chi connectivity index (χ1) is 12.1. The SMILES string of the molecule is Cc1cccc2c(=O)n(CCCC(=O)Nc3sccc3C#N)cnc12. The maximum atomic E-state index is 12.5. The molecule has 126 valence electrons. The summed E-state index contributed by atoms with van der Waals surface area (Å²) in [5.74, 6) is -0.170. The van der Waals surface area contributed by atoms with Gasteiger partial charge >= 0.3 is 0 Å². The van der Waals surface area contributed by atoms with Crippen LogP contribution in [-0.2, 0) is 11.3 Å². The van der Waals surface area contributed by atoms with Crippen LogP contribution in [0.5, 0.6) is 0 Å². The standard InChI is InChI=1S/C18H16N4O2S/c1-12-4-2-5-14-16(12)20-11-22(18(14)24)8-3-6-15(23)21-17-13(10-19)7-9-25-17/h2,4-5,7,9,11H,3,6,8H2,1H3,(H,21,23). The molecule has 0 aliphatic rings. The molecular formula is C18H16N4O2S. The summed E-state index contributed by atoms with van der Waals surface area (Å²) in [5.41, 5.74) is 2.04. The summed E-state index contributed by atoms with van der Waals surface area (Å²) in [6.45, 7) is 2.34. The van der Waals surface area contributed by atoms with Crippen molar-refractivity contribution in [2.24, 2.45) is 0 Å². The summed E-state index contributed by atoms with van der Waals surface area (Å²) in [6.07, 6.45) is 2.31. The molecule has 0 aliphatic heterocycles. The number of para-hydroxylation sites is 1. The summed E-state index contributed by atoms with van der Waals surface area (Å²) >= 11 is 1.32. The molecule has 3 aromatic rings. The molecule has 1 aromatic carbocycles. The Morgan fingerprint density at radius 3 is 3.04 bits per heavy atom. The van der Waals surface area contributed by atoms with Gasteiger partial charge in [0.25, 0.3) is 5.56 Å². The number of rotatable bonds is 5. The molecule has 1 amide bonds. The number of amides is 1. The number of anilines is 1.